The van der Waals surface area contributed by atoms with Gasteiger partial charge in [-0.25, -0.2) is 0 Å². The number of carbonyl (C=O) groups is 2. The summed E-state index contributed by atoms with van der Waals surface area (Å²) in [4.78, 5) is 19.9. The van der Waals surface area contributed by atoms with Crippen molar-refractivity contribution >= 4 is 11.9 Å². The van der Waals surface area contributed by atoms with E-state index in [1.165, 1.54) is 6.92 Å². The molecule has 0 aromatic rings. The number of rotatable bonds is 3. The standard InChI is InChI=1S/C4H9NO2.C4H8O2/c1-2-7-4(6)3-5;1-3-6-4(2)5/h2-3,5H2,1H3;3H2,1-2H3. The molecule has 0 spiro atoms. The van der Waals surface area contributed by atoms with Crippen LogP contribution in [-0.4, -0.2) is 31.7 Å². The maximum Gasteiger partial charge on any atom is 0.319 e. The van der Waals surface area contributed by atoms with Crippen LogP contribution >= 0.6 is 0 Å². The Balaban J connectivity index is 0. The van der Waals surface area contributed by atoms with Crippen LogP contribution in [0.5, 0.6) is 0 Å². The zero-order chi connectivity index (χ0) is 10.7. The van der Waals surface area contributed by atoms with Gasteiger partial charge >= 0.3 is 11.9 Å². The summed E-state index contributed by atoms with van der Waals surface area (Å²) in [7, 11) is 0. The normalized spacial score (nSPS) is 8.00. The molecule has 13 heavy (non-hydrogen) atoms. The monoisotopic (exact) mass is 191 g/mol. The fourth-order valence-electron chi connectivity index (χ4n) is 0.423. The van der Waals surface area contributed by atoms with Gasteiger partial charge in [0.15, 0.2) is 0 Å². The molecule has 0 amide bonds. The molecule has 0 aliphatic carbocycles. The van der Waals surface area contributed by atoms with Gasteiger partial charge in [-0.2, -0.15) is 0 Å². The Kier molecular flexibility index (Phi) is 12.1. The summed E-state index contributed by atoms with van der Waals surface area (Å²) in [5.41, 5.74) is 4.88. The fraction of sp³-hybridized carbons (Fsp3) is 0.750. The maximum absolute atomic E-state index is 10.1. The van der Waals surface area contributed by atoms with Crippen LogP contribution < -0.4 is 5.73 Å². The predicted molar refractivity (Wildman–Crippen MR) is 48.0 cm³/mol. The third-order valence-corrected chi connectivity index (χ3v) is 0.820. The van der Waals surface area contributed by atoms with Crippen LogP contribution in [0.2, 0.25) is 0 Å². The van der Waals surface area contributed by atoms with Gasteiger partial charge in [0.1, 0.15) is 0 Å². The third-order valence-electron chi connectivity index (χ3n) is 0.820. The molecule has 0 fully saturated rings. The van der Waals surface area contributed by atoms with Gasteiger partial charge in [-0.15, -0.1) is 0 Å². The Labute approximate surface area is 78.2 Å². The zero-order valence-electron chi connectivity index (χ0n) is 8.33. The number of hydrogen-bond acceptors (Lipinski definition) is 5. The van der Waals surface area contributed by atoms with Gasteiger partial charge in [-0.05, 0) is 13.8 Å². The van der Waals surface area contributed by atoms with Crippen molar-refractivity contribution in [3.63, 3.8) is 0 Å². The van der Waals surface area contributed by atoms with Gasteiger partial charge in [0.2, 0.25) is 0 Å². The molecule has 0 aliphatic rings. The van der Waals surface area contributed by atoms with Crippen molar-refractivity contribution < 1.29 is 19.1 Å². The average Bonchev–Trinajstić information content (AvgIpc) is 2.05. The maximum atomic E-state index is 10.1. The van der Waals surface area contributed by atoms with E-state index in [2.05, 4.69) is 9.47 Å². The van der Waals surface area contributed by atoms with E-state index < -0.39 is 0 Å². The second-order valence-electron chi connectivity index (χ2n) is 1.93. The molecule has 78 valence electrons. The second-order valence-corrected chi connectivity index (χ2v) is 1.93. The van der Waals surface area contributed by atoms with E-state index in [0.29, 0.717) is 13.2 Å². The van der Waals surface area contributed by atoms with Crippen molar-refractivity contribution in [2.75, 3.05) is 19.8 Å². The molecule has 0 unspecified atom stereocenters. The minimum Gasteiger partial charge on any atom is -0.466 e. The lowest BCUT2D eigenvalue weighted by molar-refractivity contribution is -0.141. The quantitative estimate of drug-likeness (QED) is 0.639. The smallest absolute Gasteiger partial charge is 0.319 e. The van der Waals surface area contributed by atoms with Crippen molar-refractivity contribution in [1.82, 2.24) is 0 Å². The molecule has 0 rings (SSSR count). The molecular weight excluding hydrogens is 174 g/mol. The number of hydrogen-bond donors (Lipinski definition) is 1. The first-order valence-electron chi connectivity index (χ1n) is 4.07. The summed E-state index contributed by atoms with van der Waals surface area (Å²) in [6, 6.07) is 0. The Morgan fingerprint density at radius 2 is 1.62 bits per heavy atom. The molecular formula is C8H17NO4. The van der Waals surface area contributed by atoms with Crippen LogP contribution in [0.1, 0.15) is 20.8 Å². The highest BCUT2D eigenvalue weighted by atomic mass is 16.5. The SMILES string of the molecule is CCOC(=O)CN.CCOC(C)=O. The Hall–Kier alpha value is -1.10. The summed E-state index contributed by atoms with van der Waals surface area (Å²) in [6.45, 7) is 5.79. The molecule has 0 saturated carbocycles. The molecule has 0 atom stereocenters. The molecule has 0 aromatic heterocycles. The van der Waals surface area contributed by atoms with Crippen LogP contribution in [-0.2, 0) is 19.1 Å². The molecule has 0 aromatic carbocycles. The Morgan fingerprint density at radius 1 is 1.15 bits per heavy atom. The predicted octanol–water partition coefficient (Wildman–Crippen LogP) is 0.0776. The van der Waals surface area contributed by atoms with Gasteiger partial charge in [0.05, 0.1) is 19.8 Å². The van der Waals surface area contributed by atoms with E-state index in [9.17, 15) is 9.59 Å². The van der Waals surface area contributed by atoms with E-state index in [1.807, 2.05) is 0 Å². The fourth-order valence-corrected chi connectivity index (χ4v) is 0.423. The van der Waals surface area contributed by atoms with Crippen LogP contribution in [0.15, 0.2) is 0 Å². The van der Waals surface area contributed by atoms with Gasteiger partial charge < -0.3 is 15.2 Å². The van der Waals surface area contributed by atoms with Crippen LogP contribution in [0.3, 0.4) is 0 Å². The van der Waals surface area contributed by atoms with Crippen molar-refractivity contribution in [2.45, 2.75) is 20.8 Å². The number of carbonyl (C=O) groups excluding carboxylic acids is 2. The average molecular weight is 191 g/mol. The number of esters is 2. The first-order valence-corrected chi connectivity index (χ1v) is 4.07. The minimum atomic E-state index is -0.345. The first kappa shape index (κ1) is 14.4. The van der Waals surface area contributed by atoms with Gasteiger partial charge in [0, 0.05) is 6.92 Å². The summed E-state index contributed by atoms with van der Waals surface area (Å²) in [6.07, 6.45) is 0. The molecule has 0 saturated heterocycles. The van der Waals surface area contributed by atoms with Crippen molar-refractivity contribution in [3.8, 4) is 0 Å². The van der Waals surface area contributed by atoms with Crippen LogP contribution in [0.25, 0.3) is 0 Å². The van der Waals surface area contributed by atoms with E-state index in [4.69, 9.17) is 5.73 Å². The minimum absolute atomic E-state index is 0.0200. The van der Waals surface area contributed by atoms with Crippen molar-refractivity contribution in [1.29, 1.82) is 0 Å². The van der Waals surface area contributed by atoms with E-state index in [-0.39, 0.29) is 18.5 Å². The van der Waals surface area contributed by atoms with E-state index >= 15 is 0 Å². The number of nitrogens with two attached hydrogens (primary N) is 1. The second kappa shape index (κ2) is 10.9. The molecule has 0 heterocycles. The molecule has 2 N–H and O–H groups in total. The summed E-state index contributed by atoms with van der Waals surface area (Å²) in [5, 5.41) is 0. The molecule has 0 radical (unpaired) electrons. The van der Waals surface area contributed by atoms with Gasteiger partial charge in [0.25, 0.3) is 0 Å². The van der Waals surface area contributed by atoms with Crippen molar-refractivity contribution in [3.05, 3.63) is 0 Å². The van der Waals surface area contributed by atoms with E-state index in [0.717, 1.165) is 0 Å². The molecule has 0 bridgehead atoms. The van der Waals surface area contributed by atoms with Crippen LogP contribution in [0.4, 0.5) is 0 Å². The van der Waals surface area contributed by atoms with Crippen LogP contribution in [0, 0.1) is 0 Å². The Morgan fingerprint density at radius 3 is 1.69 bits per heavy atom. The van der Waals surface area contributed by atoms with Crippen molar-refractivity contribution in [2.24, 2.45) is 5.73 Å². The molecule has 5 heteroatoms. The van der Waals surface area contributed by atoms with E-state index in [1.54, 1.807) is 13.8 Å². The molecule has 0 aliphatic heterocycles. The highest BCUT2D eigenvalue weighted by Crippen LogP contribution is 1.70. The lowest BCUT2D eigenvalue weighted by Crippen LogP contribution is -2.16. The lowest BCUT2D eigenvalue weighted by Gasteiger charge is -1.93. The first-order chi connectivity index (χ1) is 6.08. The largest absolute Gasteiger partial charge is 0.466 e. The highest BCUT2D eigenvalue weighted by molar-refractivity contribution is 5.71. The van der Waals surface area contributed by atoms with Gasteiger partial charge in [-0.3, -0.25) is 9.59 Å². The zero-order valence-corrected chi connectivity index (χ0v) is 8.33. The number of ether oxygens (including phenoxy) is 2. The summed E-state index contributed by atoms with van der Waals surface area (Å²) in [5.74, 6) is -0.556. The summed E-state index contributed by atoms with van der Waals surface area (Å²) < 4.78 is 8.83. The van der Waals surface area contributed by atoms with Gasteiger partial charge in [-0.1, -0.05) is 0 Å². The molecule has 5 nitrogen and oxygen atoms in total. The Bertz CT molecular complexity index is 147. The summed E-state index contributed by atoms with van der Waals surface area (Å²) >= 11 is 0. The third kappa shape index (κ3) is 18.1. The topological polar surface area (TPSA) is 78.6 Å². The highest BCUT2D eigenvalue weighted by Gasteiger charge is 1.91. The lowest BCUT2D eigenvalue weighted by atomic mass is 10.7.